The molecule has 2 N–H and O–H groups in total. The summed E-state index contributed by atoms with van der Waals surface area (Å²) >= 11 is 2.99. The molecule has 0 bridgehead atoms. The lowest BCUT2D eigenvalue weighted by Gasteiger charge is -2.09. The molecule has 12 nitrogen and oxygen atoms in total. The molecule has 5 aromatic carbocycles. The van der Waals surface area contributed by atoms with Crippen molar-refractivity contribution in [3.63, 3.8) is 0 Å². The summed E-state index contributed by atoms with van der Waals surface area (Å²) in [5.41, 5.74) is 17.9. The van der Waals surface area contributed by atoms with Gasteiger partial charge >= 0.3 is 0 Å². The number of nitrogens with zero attached hydrogens (tertiary/aromatic N) is 8. The van der Waals surface area contributed by atoms with Gasteiger partial charge in [0, 0.05) is 21.9 Å². The predicted octanol–water partition coefficient (Wildman–Crippen LogP) is 11.0. The van der Waals surface area contributed by atoms with E-state index in [2.05, 4.69) is 55.5 Å². The smallest absolute Gasteiger partial charge is 0.203 e. The quantitative estimate of drug-likeness (QED) is 0.0726. The SMILES string of the molecule is Cc1c(-c2csc(N/N=C/c3ccc(OCc4ccc(COc5ccc(/C=N/Nc6nc(-c7cnn(-c8ccccc8)c7C)cs6)cc5)cc4)cc3)n2)cnn1-c1ccccc1. The van der Waals surface area contributed by atoms with Crippen molar-refractivity contribution in [3.05, 3.63) is 190 Å². The van der Waals surface area contributed by atoms with Crippen LogP contribution in [0.5, 0.6) is 11.5 Å². The highest BCUT2D eigenvalue weighted by atomic mass is 32.1. The van der Waals surface area contributed by atoms with Gasteiger partial charge in [-0.05, 0) is 109 Å². The average molecular weight is 853 g/mol. The van der Waals surface area contributed by atoms with Crippen molar-refractivity contribution in [2.24, 2.45) is 10.2 Å². The highest BCUT2D eigenvalue weighted by molar-refractivity contribution is 7.14. The van der Waals surface area contributed by atoms with Crippen LogP contribution in [0.1, 0.15) is 33.6 Å². The number of para-hydroxylation sites is 2. The Kier molecular flexibility index (Phi) is 12.0. The van der Waals surface area contributed by atoms with E-state index in [1.165, 1.54) is 22.7 Å². The average Bonchev–Trinajstić information content (AvgIpc) is 4.14. The molecule has 0 saturated carbocycles. The summed E-state index contributed by atoms with van der Waals surface area (Å²) in [5, 5.41) is 23.3. The Morgan fingerprint density at radius 3 is 1.34 bits per heavy atom. The predicted molar refractivity (Wildman–Crippen MR) is 249 cm³/mol. The molecule has 62 heavy (non-hydrogen) atoms. The normalized spacial score (nSPS) is 11.4. The van der Waals surface area contributed by atoms with Gasteiger partial charge in [-0.2, -0.15) is 20.4 Å². The Labute approximate surface area is 366 Å². The fourth-order valence-electron chi connectivity index (χ4n) is 6.57. The first-order valence-electron chi connectivity index (χ1n) is 19.8. The number of thiazole rings is 2. The molecule has 9 aromatic rings. The number of aromatic nitrogens is 6. The molecule has 0 fully saturated rings. The zero-order valence-corrected chi connectivity index (χ0v) is 35.4. The lowest BCUT2D eigenvalue weighted by molar-refractivity contribution is 0.302. The zero-order valence-electron chi connectivity index (χ0n) is 33.8. The maximum atomic E-state index is 6.05. The van der Waals surface area contributed by atoms with E-state index in [1.807, 2.05) is 156 Å². The van der Waals surface area contributed by atoms with Crippen LogP contribution in [0.4, 0.5) is 10.3 Å². The van der Waals surface area contributed by atoms with Gasteiger partial charge in [-0.25, -0.2) is 19.3 Å². The number of benzene rings is 5. The molecule has 0 aliphatic heterocycles. The van der Waals surface area contributed by atoms with E-state index in [4.69, 9.17) is 19.4 Å². The minimum atomic E-state index is 0.452. The largest absolute Gasteiger partial charge is 0.489 e. The molecule has 4 aromatic heterocycles. The Balaban J connectivity index is 0.694. The summed E-state index contributed by atoms with van der Waals surface area (Å²) in [6.45, 7) is 5.00. The van der Waals surface area contributed by atoms with Crippen LogP contribution < -0.4 is 20.3 Å². The van der Waals surface area contributed by atoms with E-state index in [9.17, 15) is 0 Å². The highest BCUT2D eigenvalue weighted by Crippen LogP contribution is 2.30. The number of ether oxygens (including phenoxy) is 2. The van der Waals surface area contributed by atoms with E-state index in [1.54, 1.807) is 12.4 Å². The van der Waals surface area contributed by atoms with E-state index in [0.717, 1.165) is 79.0 Å². The fourth-order valence-corrected chi connectivity index (χ4v) is 7.89. The Bertz CT molecular complexity index is 2720. The molecule has 0 saturated heterocycles. The molecule has 0 aliphatic carbocycles. The maximum Gasteiger partial charge on any atom is 0.203 e. The molecule has 0 radical (unpaired) electrons. The Morgan fingerprint density at radius 2 is 0.935 bits per heavy atom. The van der Waals surface area contributed by atoms with Crippen molar-refractivity contribution in [3.8, 4) is 45.4 Å². The van der Waals surface area contributed by atoms with E-state index in [-0.39, 0.29) is 0 Å². The van der Waals surface area contributed by atoms with Crippen molar-refractivity contribution in [2.45, 2.75) is 27.1 Å². The monoisotopic (exact) mass is 852 g/mol. The van der Waals surface area contributed by atoms with Gasteiger partial charge in [0.2, 0.25) is 10.3 Å². The number of hydrazone groups is 2. The van der Waals surface area contributed by atoms with Crippen LogP contribution in [-0.2, 0) is 13.2 Å². The number of hydrogen-bond acceptors (Lipinski definition) is 12. The van der Waals surface area contributed by atoms with Gasteiger partial charge < -0.3 is 9.47 Å². The third-order valence-corrected chi connectivity index (χ3v) is 11.4. The first-order valence-corrected chi connectivity index (χ1v) is 21.5. The van der Waals surface area contributed by atoms with E-state index >= 15 is 0 Å². The fraction of sp³-hybridized carbons (Fsp3) is 0.0833. The molecular formula is C48H40N10O2S2. The Hall–Kier alpha value is -7.68. The summed E-state index contributed by atoms with van der Waals surface area (Å²) in [6, 6.07) is 44.0. The summed E-state index contributed by atoms with van der Waals surface area (Å²) in [4.78, 5) is 9.43. The summed E-state index contributed by atoms with van der Waals surface area (Å²) in [6.07, 6.45) is 7.22. The lowest BCUT2D eigenvalue weighted by Crippen LogP contribution is -1.98. The molecule has 0 spiro atoms. The van der Waals surface area contributed by atoms with E-state index in [0.29, 0.717) is 23.5 Å². The van der Waals surface area contributed by atoms with Crippen LogP contribution in [0, 0.1) is 13.8 Å². The van der Waals surface area contributed by atoms with Crippen molar-refractivity contribution >= 4 is 45.4 Å². The second kappa shape index (κ2) is 18.7. The molecule has 0 amide bonds. The summed E-state index contributed by atoms with van der Waals surface area (Å²) in [7, 11) is 0. The molecule has 4 heterocycles. The van der Waals surface area contributed by atoms with Gasteiger partial charge in [-0.15, -0.1) is 22.7 Å². The molecule has 0 atom stereocenters. The second-order valence-corrected chi connectivity index (χ2v) is 15.8. The Morgan fingerprint density at radius 1 is 0.532 bits per heavy atom. The van der Waals surface area contributed by atoms with Crippen molar-refractivity contribution < 1.29 is 9.47 Å². The van der Waals surface area contributed by atoms with Crippen LogP contribution in [-0.4, -0.2) is 42.0 Å². The van der Waals surface area contributed by atoms with Crippen LogP contribution in [0.2, 0.25) is 0 Å². The number of nitrogens with one attached hydrogen (secondary N) is 2. The first-order chi connectivity index (χ1) is 30.5. The van der Waals surface area contributed by atoms with Crippen molar-refractivity contribution in [2.75, 3.05) is 10.9 Å². The minimum absolute atomic E-state index is 0.452. The van der Waals surface area contributed by atoms with Crippen LogP contribution in [0.15, 0.2) is 167 Å². The minimum Gasteiger partial charge on any atom is -0.489 e. The molecule has 0 unspecified atom stereocenters. The maximum absolute atomic E-state index is 6.05. The van der Waals surface area contributed by atoms with E-state index < -0.39 is 0 Å². The zero-order chi connectivity index (χ0) is 42.1. The van der Waals surface area contributed by atoms with Gasteiger partial charge in [-0.3, -0.25) is 10.9 Å². The lowest BCUT2D eigenvalue weighted by atomic mass is 10.1. The van der Waals surface area contributed by atoms with Crippen LogP contribution in [0.3, 0.4) is 0 Å². The van der Waals surface area contributed by atoms with Gasteiger partial charge in [0.1, 0.15) is 24.7 Å². The molecule has 0 aliphatic rings. The third kappa shape index (κ3) is 9.52. The standard InChI is InChI=1S/C48H40N10O2S2/c1-33-43(27-51-57(33)39-9-5-3-6-10-39)45-31-61-47(53-45)55-49-25-35-17-21-41(22-18-35)59-29-37-13-15-38(16-14-37)30-60-42-23-19-36(20-24-42)26-50-56-48-54-46(32-62-48)44-28-52-58(34(44)2)40-11-7-4-8-12-40/h3-28,31-32H,29-30H2,1-2H3,(H,53,55)(H,54,56)/b49-25+,50-26+. The summed E-state index contributed by atoms with van der Waals surface area (Å²) in [5.74, 6) is 1.55. The second-order valence-electron chi connectivity index (χ2n) is 14.1. The number of anilines is 2. The molecule has 9 rings (SSSR count). The van der Waals surface area contributed by atoms with Crippen molar-refractivity contribution in [1.82, 2.24) is 29.5 Å². The molecule has 306 valence electrons. The van der Waals surface area contributed by atoms with Crippen LogP contribution >= 0.6 is 22.7 Å². The third-order valence-electron chi connectivity index (χ3n) is 9.92. The first kappa shape index (κ1) is 39.8. The van der Waals surface area contributed by atoms with Gasteiger partial charge in [-0.1, -0.05) is 60.7 Å². The van der Waals surface area contributed by atoms with Gasteiger partial charge in [0.15, 0.2) is 0 Å². The molecule has 14 heteroatoms. The summed E-state index contributed by atoms with van der Waals surface area (Å²) < 4.78 is 15.9. The van der Waals surface area contributed by atoms with Crippen molar-refractivity contribution in [1.29, 1.82) is 0 Å². The van der Waals surface area contributed by atoms with Gasteiger partial charge in [0.05, 0.1) is 59.0 Å². The van der Waals surface area contributed by atoms with Crippen LogP contribution in [0.25, 0.3) is 33.9 Å². The number of rotatable bonds is 16. The highest BCUT2D eigenvalue weighted by Gasteiger charge is 2.14. The molecular weight excluding hydrogens is 813 g/mol. The topological polar surface area (TPSA) is 129 Å². The van der Waals surface area contributed by atoms with Gasteiger partial charge in [0.25, 0.3) is 0 Å². The number of hydrogen-bond donors (Lipinski definition) is 2.